The molecule has 0 bridgehead atoms. The Bertz CT molecular complexity index is 3450. The first kappa shape index (κ1) is 88.7. The van der Waals surface area contributed by atoms with Crippen LogP contribution in [-0.4, -0.2) is 261 Å². The standard InChI is InChI=1S/C40H56F9N3O6.C39H56F9N3O4/c1-36-16-15-30-29-11-9-27(56-18-6-19-57-35(54)14-8-26-22-28(55-5)23-51(26)3)21-25(29)7-10-31(30)32(36)12-13-33(36)52(4)34(53)24-50(2)17-20-58-37(38(41,42)43,39(44,45)46)40(47,48)49;1-35-17-16-30-29-13-11-28(54-20-7-19-50(3)26-9-10-27(23-26)53-5)22-25(29)8-12-31(30)32(35)14-15-33(35)51(4)34(52)24-49(2)18-6-21-55-36(37(40,41)42,38(43,44)45)39(46,47)48/h9,11,21,26,28,30-33H,6-8,10,12-20,22-24H2,1-5H3;11,13,22,26-27,30-33H,6-10,12,14-21,23-24H2,1-5H3/t26?,28?,30?,31?,32?,33-,36-;26?,27-,30?,31?,32?,33+,35+/m01/s1/i2*5D. The van der Waals surface area contributed by atoms with E-state index in [1.165, 1.54) is 41.2 Å². The van der Waals surface area contributed by atoms with Crippen molar-refractivity contribution in [2.24, 2.45) is 34.5 Å². The van der Waals surface area contributed by atoms with Gasteiger partial charge < -0.3 is 52.8 Å². The van der Waals surface area contributed by atoms with Gasteiger partial charge in [0.25, 0.3) is 0 Å². The summed E-state index contributed by atoms with van der Waals surface area (Å²) in [6.45, 7) is 2.63. The van der Waals surface area contributed by atoms with E-state index in [0.29, 0.717) is 80.4 Å². The van der Waals surface area contributed by atoms with Gasteiger partial charge in [-0.1, -0.05) is 26.0 Å². The van der Waals surface area contributed by atoms with Gasteiger partial charge >= 0.3 is 54.2 Å². The lowest BCUT2D eigenvalue weighted by molar-refractivity contribution is -0.458. The molecule has 2 amide bonds. The van der Waals surface area contributed by atoms with Crippen molar-refractivity contribution in [2.45, 2.75) is 245 Å². The molecule has 16 nitrogen and oxygen atoms in total. The summed E-state index contributed by atoms with van der Waals surface area (Å²) in [6, 6.07) is 13.1. The molecule has 9 unspecified atom stereocenters. The van der Waals surface area contributed by atoms with Crippen LogP contribution in [0.1, 0.15) is 173 Å². The van der Waals surface area contributed by atoms with Gasteiger partial charge in [0.15, 0.2) is 0 Å². The zero-order valence-corrected chi connectivity index (χ0v) is 65.5. The Morgan fingerprint density at radius 3 is 1.44 bits per heavy atom. The summed E-state index contributed by atoms with van der Waals surface area (Å²) in [7, 11) is 10.0. The van der Waals surface area contributed by atoms with E-state index in [2.05, 4.69) is 70.5 Å². The highest BCUT2D eigenvalue weighted by Crippen LogP contribution is 2.64. The monoisotopic (exact) mass is 1650 g/mol. The molecule has 113 heavy (non-hydrogen) atoms. The first-order valence-corrected chi connectivity index (χ1v) is 39.1. The summed E-state index contributed by atoms with van der Waals surface area (Å²) in [5, 5.41) is 0. The number of hydrogen-bond acceptors (Lipinski definition) is 14. The normalized spacial score (nSPS) is 28.5. The van der Waals surface area contributed by atoms with Crippen LogP contribution in [0.25, 0.3) is 0 Å². The lowest BCUT2D eigenvalue weighted by atomic mass is 9.55. The van der Waals surface area contributed by atoms with Crippen LogP contribution in [0, 0.1) is 34.5 Å². The third kappa shape index (κ3) is 19.9. The number of halogens is 18. The van der Waals surface area contributed by atoms with E-state index in [1.807, 2.05) is 13.1 Å². The predicted octanol–water partition coefficient (Wildman–Crippen LogP) is 16.0. The van der Waals surface area contributed by atoms with Crippen molar-refractivity contribution >= 4 is 17.8 Å². The number of esters is 1. The van der Waals surface area contributed by atoms with Gasteiger partial charge in [-0.2, -0.15) is 79.0 Å². The molecule has 14 atom stereocenters. The molecule has 1 aliphatic heterocycles. The van der Waals surface area contributed by atoms with Crippen LogP contribution in [0.5, 0.6) is 11.5 Å². The Morgan fingerprint density at radius 2 is 0.965 bits per heavy atom. The van der Waals surface area contributed by atoms with Crippen LogP contribution < -0.4 is 9.47 Å². The van der Waals surface area contributed by atoms with Crippen molar-refractivity contribution in [3.8, 4) is 11.5 Å². The van der Waals surface area contributed by atoms with Crippen LogP contribution in [0.2, 0.25) is 0 Å². The summed E-state index contributed by atoms with van der Waals surface area (Å²) in [5.41, 5.74) is -7.81. The van der Waals surface area contributed by atoms with E-state index in [4.69, 9.17) is 26.4 Å². The second-order valence-electron chi connectivity index (χ2n) is 33.2. The molecular weight excluding hydrogens is 1530 g/mol. The van der Waals surface area contributed by atoms with Crippen LogP contribution in [0.15, 0.2) is 36.4 Å². The van der Waals surface area contributed by atoms with E-state index < -0.39 is 86.9 Å². The number of ether oxygens (including phenoxy) is 7. The van der Waals surface area contributed by atoms with Crippen molar-refractivity contribution in [1.82, 2.24) is 29.4 Å². The molecule has 7 aliphatic carbocycles. The fraction of sp³-hybridized carbons (Fsp3) is 0.810. The molecule has 2 aromatic rings. The lowest BCUT2D eigenvalue weighted by Gasteiger charge is -2.52. The van der Waals surface area contributed by atoms with Gasteiger partial charge in [-0.05, 0) is 243 Å². The average Bonchev–Trinajstić information content (AvgIpc) is 1.23. The molecule has 0 radical (unpaired) electrons. The number of aryl methyl sites for hydroxylation is 2. The summed E-state index contributed by atoms with van der Waals surface area (Å²) >= 11 is 0. The van der Waals surface area contributed by atoms with Crippen LogP contribution >= 0.6 is 0 Å². The highest BCUT2D eigenvalue weighted by Gasteiger charge is 2.87. The van der Waals surface area contributed by atoms with E-state index in [9.17, 15) is 93.4 Å². The SMILES string of the molecule is [2H]COC1CC(CCC(=O)OCCCOc2ccc3c(c2)CCC2C3CC[C@@]3(C)C2CC[C@@H]3N(C)C(=O)CN(C)CCOC(C(F)(F)F)(C(F)(F)F)C(F)(F)F)N(C)C1.[2H]CO[C@@H]1CCC(N(C)CCCOc2ccc3c(c2)CCC2C3CC[C@@]3(C)C2CC[C@@H]3N(C)C(=O)CN(C)CCCOC(C(F)(F)F)(C(F)(F)F)C(F)(F)F)C1. The highest BCUT2D eigenvalue weighted by atomic mass is 19.4. The minimum Gasteiger partial charge on any atom is -0.494 e. The van der Waals surface area contributed by atoms with Crippen molar-refractivity contribution in [2.75, 3.05) is 129 Å². The van der Waals surface area contributed by atoms with Crippen molar-refractivity contribution in [1.29, 1.82) is 0 Å². The van der Waals surface area contributed by atoms with Gasteiger partial charge in [0.1, 0.15) is 11.5 Å². The number of hydrogen-bond donors (Lipinski definition) is 0. The average molecular weight is 1650 g/mol. The number of alkyl halides is 18. The lowest BCUT2D eigenvalue weighted by Crippen LogP contribution is -2.68. The Labute approximate surface area is 653 Å². The van der Waals surface area contributed by atoms with Gasteiger partial charge in [0, 0.05) is 98.1 Å². The minimum absolute atomic E-state index is 0.0123. The van der Waals surface area contributed by atoms with Crippen LogP contribution in [0.3, 0.4) is 0 Å². The van der Waals surface area contributed by atoms with Crippen molar-refractivity contribution < 1.29 is 129 Å². The number of carbonyl (C=O) groups is 3. The molecular formula is C79H112F18N6O10. The highest BCUT2D eigenvalue weighted by molar-refractivity contribution is 5.79. The molecule has 644 valence electrons. The van der Waals surface area contributed by atoms with E-state index >= 15 is 0 Å². The molecule has 6 fully saturated rings. The molecule has 10 rings (SSSR count). The van der Waals surface area contributed by atoms with Crippen molar-refractivity contribution in [3.63, 3.8) is 0 Å². The maximum absolute atomic E-state index is 13.4. The third-order valence-corrected chi connectivity index (χ3v) is 26.5. The van der Waals surface area contributed by atoms with Crippen LogP contribution in [0.4, 0.5) is 79.0 Å². The number of methoxy groups -OCH3 is 2. The Kier molecular flexibility index (Phi) is 28.7. The van der Waals surface area contributed by atoms with E-state index in [-0.39, 0.29) is 86.9 Å². The Morgan fingerprint density at radius 1 is 0.513 bits per heavy atom. The summed E-state index contributed by atoms with van der Waals surface area (Å²) < 4.78 is 288. The minimum atomic E-state index is -6.82. The zero-order valence-electron chi connectivity index (χ0n) is 67.5. The van der Waals surface area contributed by atoms with Crippen molar-refractivity contribution in [3.05, 3.63) is 58.7 Å². The van der Waals surface area contributed by atoms with Gasteiger partial charge in [-0.15, -0.1) is 0 Å². The molecule has 1 heterocycles. The van der Waals surface area contributed by atoms with Gasteiger partial charge in [-0.25, -0.2) is 0 Å². The molecule has 2 aromatic carbocycles. The topological polar surface area (TPSA) is 135 Å². The number of likely N-dealkylation sites (tertiary alicyclic amines) is 1. The Balaban J connectivity index is 0.000000263. The maximum atomic E-state index is 13.4. The number of nitrogens with zero attached hydrogens (tertiary/aromatic N) is 6. The molecule has 34 heteroatoms. The molecule has 0 aromatic heterocycles. The number of likely N-dealkylation sites (N-methyl/N-ethyl adjacent to an activating group) is 5. The zero-order chi connectivity index (χ0) is 84.8. The molecule has 0 spiro atoms. The second kappa shape index (κ2) is 36.6. The molecule has 1 saturated heterocycles. The smallest absolute Gasteiger partial charge is 0.435 e. The van der Waals surface area contributed by atoms with Gasteiger partial charge in [0.05, 0.1) is 54.5 Å². The first-order chi connectivity index (χ1) is 53.7. The quantitative estimate of drug-likeness (QED) is 0.0402. The van der Waals surface area contributed by atoms with E-state index in [1.54, 1.807) is 23.9 Å². The van der Waals surface area contributed by atoms with Gasteiger partial charge in [0.2, 0.25) is 11.8 Å². The second-order valence-corrected chi connectivity index (χ2v) is 33.2. The number of fused-ring (bicyclic) bond motifs is 10. The number of rotatable bonds is 31. The number of carbonyl (C=O) groups excluding carboxylic acids is 3. The fourth-order valence-electron chi connectivity index (χ4n) is 20.5. The first-order valence-electron chi connectivity index (χ1n) is 40.5. The van der Waals surface area contributed by atoms with E-state index in [0.717, 1.165) is 132 Å². The van der Waals surface area contributed by atoms with Gasteiger partial charge in [-0.3, -0.25) is 24.2 Å². The number of amides is 2. The van der Waals surface area contributed by atoms with Crippen LogP contribution in [-0.2, 0) is 50.9 Å². The molecule has 8 aliphatic rings. The molecule has 5 saturated carbocycles. The third-order valence-electron chi connectivity index (χ3n) is 26.5. The Hall–Kier alpha value is -5.13. The largest absolute Gasteiger partial charge is 0.494 e. The summed E-state index contributed by atoms with van der Waals surface area (Å²) in [4.78, 5) is 49.3. The fourth-order valence-corrected chi connectivity index (χ4v) is 20.5. The maximum Gasteiger partial charge on any atom is 0.435 e. The molecule has 0 N–H and O–H groups in total. The number of benzene rings is 2. The summed E-state index contributed by atoms with van der Waals surface area (Å²) in [5.74, 6) is 2.91. The predicted molar refractivity (Wildman–Crippen MR) is 382 cm³/mol. The summed E-state index contributed by atoms with van der Waals surface area (Å²) in [6.07, 6.45) is -24.1.